The Morgan fingerprint density at radius 1 is 0.846 bits per heavy atom. The van der Waals surface area contributed by atoms with E-state index in [0.717, 1.165) is 54.8 Å². The minimum atomic E-state index is -4.39. The van der Waals surface area contributed by atoms with Crippen molar-refractivity contribution in [1.82, 2.24) is 14.8 Å². The molecule has 5 nitrogen and oxygen atoms in total. The molecule has 0 saturated heterocycles. The van der Waals surface area contributed by atoms with E-state index >= 15 is 0 Å². The number of halogens is 3. The van der Waals surface area contributed by atoms with Crippen LogP contribution in [0, 0.1) is 0 Å². The highest BCUT2D eigenvalue weighted by atomic mass is 19.4. The molecular formula is C31H35F3N4O. The van der Waals surface area contributed by atoms with Gasteiger partial charge in [0.15, 0.2) is 0 Å². The van der Waals surface area contributed by atoms with Gasteiger partial charge in [0.2, 0.25) is 5.91 Å². The Balaban J connectivity index is 1.50. The van der Waals surface area contributed by atoms with Crippen LogP contribution < -0.4 is 4.90 Å². The molecule has 0 spiro atoms. The van der Waals surface area contributed by atoms with Crippen LogP contribution in [0.25, 0.3) is 6.08 Å². The molecule has 1 aromatic heterocycles. The molecule has 1 fully saturated rings. The highest BCUT2D eigenvalue weighted by Gasteiger charge is 2.30. The van der Waals surface area contributed by atoms with Crippen LogP contribution in [0.15, 0.2) is 79.1 Å². The molecular weight excluding hydrogens is 501 g/mol. The van der Waals surface area contributed by atoms with Crippen LogP contribution in [0.2, 0.25) is 0 Å². The van der Waals surface area contributed by atoms with Crippen molar-refractivity contribution in [3.8, 4) is 0 Å². The van der Waals surface area contributed by atoms with E-state index in [2.05, 4.69) is 28.9 Å². The molecule has 206 valence electrons. The topological polar surface area (TPSA) is 39.7 Å². The lowest BCUT2D eigenvalue weighted by Gasteiger charge is -2.38. The second kappa shape index (κ2) is 12.5. The van der Waals surface area contributed by atoms with Crippen molar-refractivity contribution in [1.29, 1.82) is 0 Å². The Kier molecular flexibility index (Phi) is 9.07. The van der Waals surface area contributed by atoms with Gasteiger partial charge < -0.3 is 14.7 Å². The summed E-state index contributed by atoms with van der Waals surface area (Å²) in [7, 11) is 6.17. The van der Waals surface area contributed by atoms with Gasteiger partial charge in [0.05, 0.1) is 5.56 Å². The molecule has 39 heavy (non-hydrogen) atoms. The molecule has 1 heterocycles. The number of benzene rings is 2. The van der Waals surface area contributed by atoms with Crippen molar-refractivity contribution in [2.24, 2.45) is 0 Å². The molecule has 0 atom stereocenters. The molecule has 3 aromatic rings. The Morgan fingerprint density at radius 3 is 1.97 bits per heavy atom. The summed E-state index contributed by atoms with van der Waals surface area (Å²) in [6.45, 7) is 0.465. The average molecular weight is 537 g/mol. The van der Waals surface area contributed by atoms with E-state index in [-0.39, 0.29) is 11.9 Å². The van der Waals surface area contributed by atoms with Gasteiger partial charge >= 0.3 is 6.18 Å². The summed E-state index contributed by atoms with van der Waals surface area (Å²) in [4.78, 5) is 23.8. The predicted molar refractivity (Wildman–Crippen MR) is 150 cm³/mol. The molecule has 2 aromatic carbocycles. The zero-order chi connectivity index (χ0) is 28.0. The Hall–Kier alpha value is -3.65. The summed E-state index contributed by atoms with van der Waals surface area (Å²) in [5, 5.41) is 0. The van der Waals surface area contributed by atoms with E-state index in [9.17, 15) is 18.0 Å². The molecule has 0 unspecified atom stereocenters. The number of aromatic nitrogens is 1. The number of rotatable bonds is 8. The normalized spacial score (nSPS) is 17.9. The fourth-order valence-corrected chi connectivity index (χ4v) is 5.06. The van der Waals surface area contributed by atoms with Crippen molar-refractivity contribution in [2.75, 3.05) is 26.0 Å². The van der Waals surface area contributed by atoms with E-state index in [1.54, 1.807) is 18.5 Å². The second-order valence-electron chi connectivity index (χ2n) is 10.3. The molecule has 1 aliphatic carbocycles. The number of hydrogen-bond donors (Lipinski definition) is 0. The molecule has 0 bridgehead atoms. The first-order valence-corrected chi connectivity index (χ1v) is 13.2. The van der Waals surface area contributed by atoms with Crippen molar-refractivity contribution < 1.29 is 18.0 Å². The fourth-order valence-electron chi connectivity index (χ4n) is 5.06. The monoisotopic (exact) mass is 536 g/mol. The third-order valence-corrected chi connectivity index (χ3v) is 7.50. The lowest BCUT2D eigenvalue weighted by atomic mass is 9.89. The Morgan fingerprint density at radius 2 is 1.41 bits per heavy atom. The van der Waals surface area contributed by atoms with Gasteiger partial charge in [-0.1, -0.05) is 24.3 Å². The minimum Gasteiger partial charge on any atom is -0.345 e. The molecule has 0 N–H and O–H groups in total. The zero-order valence-electron chi connectivity index (χ0n) is 22.6. The number of hydrogen-bond acceptors (Lipinski definition) is 4. The molecule has 4 rings (SSSR count). The van der Waals surface area contributed by atoms with Crippen molar-refractivity contribution in [3.05, 3.63) is 95.8 Å². The second-order valence-corrected chi connectivity index (χ2v) is 10.3. The molecule has 1 aliphatic rings. The van der Waals surface area contributed by atoms with Crippen molar-refractivity contribution >= 4 is 23.4 Å². The maximum Gasteiger partial charge on any atom is 0.416 e. The van der Waals surface area contributed by atoms with Crippen molar-refractivity contribution in [2.45, 2.75) is 50.5 Å². The Bertz CT molecular complexity index is 1230. The number of carbonyl (C=O) groups excluding carboxylic acids is 1. The van der Waals surface area contributed by atoms with Crippen LogP contribution in [0.5, 0.6) is 0 Å². The lowest BCUT2D eigenvalue weighted by Crippen LogP contribution is -2.44. The SMILES string of the molecule is CN(c1ccncc1)c1ccc(CN(C(=O)/C=C/c2ccc(C(F)(F)F)cc2)C2CCC(N(C)C)CC2)cc1. The third kappa shape index (κ3) is 7.47. The van der Waals surface area contributed by atoms with Crippen LogP contribution in [-0.4, -0.2) is 53.9 Å². The average Bonchev–Trinajstić information content (AvgIpc) is 2.95. The number of nitrogens with zero attached hydrogens (tertiary/aromatic N) is 4. The summed E-state index contributed by atoms with van der Waals surface area (Å²) in [5.74, 6) is -0.138. The van der Waals surface area contributed by atoms with Crippen LogP contribution in [0.3, 0.4) is 0 Å². The summed E-state index contributed by atoms with van der Waals surface area (Å²) in [6, 6.07) is 17.5. The van der Waals surface area contributed by atoms with E-state index in [4.69, 9.17) is 0 Å². The summed E-state index contributed by atoms with van der Waals surface area (Å²) in [6.07, 6.45) is 6.04. The fraction of sp³-hybridized carbons (Fsp3) is 0.355. The summed E-state index contributed by atoms with van der Waals surface area (Å²) in [5.41, 5.74) is 2.92. The first kappa shape index (κ1) is 28.4. The largest absolute Gasteiger partial charge is 0.416 e. The van der Waals surface area contributed by atoms with E-state index in [1.807, 2.05) is 48.3 Å². The van der Waals surface area contributed by atoms with Gasteiger partial charge in [-0.25, -0.2) is 0 Å². The van der Waals surface area contributed by atoms with Gasteiger partial charge in [-0.15, -0.1) is 0 Å². The van der Waals surface area contributed by atoms with Crippen LogP contribution >= 0.6 is 0 Å². The maximum absolute atomic E-state index is 13.5. The molecule has 1 amide bonds. The first-order chi connectivity index (χ1) is 18.6. The van der Waals surface area contributed by atoms with Gasteiger partial charge in [0, 0.05) is 55.5 Å². The van der Waals surface area contributed by atoms with Gasteiger partial charge in [-0.3, -0.25) is 9.78 Å². The number of carbonyl (C=O) groups is 1. The molecule has 8 heteroatoms. The molecule has 1 saturated carbocycles. The van der Waals surface area contributed by atoms with Crippen LogP contribution in [0.4, 0.5) is 24.5 Å². The van der Waals surface area contributed by atoms with Gasteiger partial charge in [-0.05, 0) is 93.4 Å². The maximum atomic E-state index is 13.5. The smallest absolute Gasteiger partial charge is 0.345 e. The summed E-state index contributed by atoms with van der Waals surface area (Å²) < 4.78 is 38.7. The zero-order valence-corrected chi connectivity index (χ0v) is 22.6. The van der Waals surface area contributed by atoms with Gasteiger partial charge in [0.25, 0.3) is 0 Å². The first-order valence-electron chi connectivity index (χ1n) is 13.2. The Labute approximate surface area is 228 Å². The number of anilines is 2. The van der Waals surface area contributed by atoms with Crippen LogP contribution in [0.1, 0.15) is 42.4 Å². The predicted octanol–water partition coefficient (Wildman–Crippen LogP) is 6.78. The lowest BCUT2D eigenvalue weighted by molar-refractivity contribution is -0.137. The number of alkyl halides is 3. The third-order valence-electron chi connectivity index (χ3n) is 7.50. The number of amides is 1. The minimum absolute atomic E-state index is 0.102. The molecule has 0 aliphatic heterocycles. The van der Waals surface area contributed by atoms with E-state index in [0.29, 0.717) is 18.2 Å². The highest BCUT2D eigenvalue weighted by molar-refractivity contribution is 5.92. The quantitative estimate of drug-likeness (QED) is 0.298. The number of pyridine rings is 1. The van der Waals surface area contributed by atoms with Gasteiger partial charge in [0.1, 0.15) is 0 Å². The highest BCUT2D eigenvalue weighted by Crippen LogP contribution is 2.30. The van der Waals surface area contributed by atoms with Gasteiger partial charge in [-0.2, -0.15) is 13.2 Å². The standard InChI is InChI=1S/C31H35F3N4O/c1-36(2)26-13-15-29(16-14-26)38(30(39)17-8-23-4-9-25(10-5-23)31(32,33)34)22-24-6-11-27(12-7-24)37(3)28-18-20-35-21-19-28/h4-12,17-21,26,29H,13-16,22H2,1-3H3/b17-8+. The van der Waals surface area contributed by atoms with Crippen molar-refractivity contribution in [3.63, 3.8) is 0 Å². The van der Waals surface area contributed by atoms with Crippen LogP contribution in [-0.2, 0) is 17.5 Å². The van der Waals surface area contributed by atoms with E-state index < -0.39 is 11.7 Å². The molecule has 0 radical (unpaired) electrons. The van der Waals surface area contributed by atoms with E-state index in [1.165, 1.54) is 18.2 Å². The summed E-state index contributed by atoms with van der Waals surface area (Å²) >= 11 is 0.